The van der Waals surface area contributed by atoms with Crippen LogP contribution in [-0.4, -0.2) is 42.5 Å². The van der Waals surface area contributed by atoms with Crippen molar-refractivity contribution < 1.29 is 5.11 Å². The molecule has 0 aliphatic heterocycles. The number of rotatable bonds is 7. The predicted octanol–water partition coefficient (Wildman–Crippen LogP) is 1.65. The summed E-state index contributed by atoms with van der Waals surface area (Å²) in [7, 11) is 2.06. The number of nitrogens with zero attached hydrogens (tertiary/aromatic N) is 1. The van der Waals surface area contributed by atoms with E-state index < -0.39 is 0 Å². The molecule has 0 atom stereocenters. The topological polar surface area (TPSA) is 23.5 Å². The van der Waals surface area contributed by atoms with E-state index in [0.29, 0.717) is 5.41 Å². The first kappa shape index (κ1) is 13.3. The van der Waals surface area contributed by atoms with Crippen LogP contribution in [0.15, 0.2) is 0 Å². The maximum Gasteiger partial charge on any atom is 0.0558 e. The summed E-state index contributed by atoms with van der Waals surface area (Å²) in [5.74, 6) is 0.926. The summed E-state index contributed by atoms with van der Waals surface area (Å²) in [5, 5.41) is 8.79. The summed E-state index contributed by atoms with van der Waals surface area (Å²) < 4.78 is 0. The highest BCUT2D eigenvalue weighted by Gasteiger charge is 2.25. The van der Waals surface area contributed by atoms with Gasteiger partial charge < -0.3 is 10.0 Å². The highest BCUT2D eigenvalue weighted by atomic mass is 32.1. The monoisotopic (exact) mass is 205 g/mol. The number of aliphatic hydroxyl groups is 1. The average Bonchev–Trinajstić information content (AvgIpc) is 2.15. The Morgan fingerprint density at radius 2 is 1.85 bits per heavy atom. The maximum atomic E-state index is 8.79. The van der Waals surface area contributed by atoms with Gasteiger partial charge in [0.25, 0.3) is 0 Å². The Morgan fingerprint density at radius 3 is 2.15 bits per heavy atom. The third-order valence-corrected chi connectivity index (χ3v) is 3.59. The van der Waals surface area contributed by atoms with E-state index in [9.17, 15) is 0 Å². The lowest BCUT2D eigenvalue weighted by atomic mass is 9.84. The molecule has 80 valence electrons. The zero-order valence-corrected chi connectivity index (χ0v) is 9.98. The third-order valence-electron chi connectivity index (χ3n) is 2.92. The highest BCUT2D eigenvalue weighted by molar-refractivity contribution is 7.80. The molecule has 0 spiro atoms. The van der Waals surface area contributed by atoms with Crippen molar-refractivity contribution in [3.63, 3.8) is 0 Å². The van der Waals surface area contributed by atoms with Crippen LogP contribution in [0.3, 0.4) is 0 Å². The van der Waals surface area contributed by atoms with Gasteiger partial charge in [-0.25, -0.2) is 0 Å². The average molecular weight is 205 g/mol. The Morgan fingerprint density at radius 1 is 1.31 bits per heavy atom. The molecule has 0 rings (SSSR count). The number of thiol groups is 1. The standard InChI is InChI=1S/C10H23NOS/c1-4-10(5-2,9-13)8-11(3)6-7-12/h12-13H,4-9H2,1-3H3. The Kier molecular flexibility index (Phi) is 6.82. The van der Waals surface area contributed by atoms with E-state index in [1.165, 1.54) is 0 Å². The van der Waals surface area contributed by atoms with Crippen LogP contribution in [-0.2, 0) is 0 Å². The van der Waals surface area contributed by atoms with Crippen molar-refractivity contribution in [2.24, 2.45) is 5.41 Å². The van der Waals surface area contributed by atoms with Crippen molar-refractivity contribution in [1.29, 1.82) is 0 Å². The fourth-order valence-electron chi connectivity index (χ4n) is 1.57. The molecule has 0 aliphatic carbocycles. The minimum Gasteiger partial charge on any atom is -0.395 e. The van der Waals surface area contributed by atoms with E-state index >= 15 is 0 Å². The maximum absolute atomic E-state index is 8.79. The summed E-state index contributed by atoms with van der Waals surface area (Å²) >= 11 is 4.42. The third kappa shape index (κ3) is 4.34. The molecule has 0 aromatic carbocycles. The zero-order chi connectivity index (χ0) is 10.3. The first-order valence-corrected chi connectivity index (χ1v) is 5.67. The Bertz CT molecular complexity index is 118. The van der Waals surface area contributed by atoms with Crippen LogP contribution in [0.25, 0.3) is 0 Å². The second-order valence-electron chi connectivity index (χ2n) is 3.83. The summed E-state index contributed by atoms with van der Waals surface area (Å²) in [6, 6.07) is 0. The van der Waals surface area contributed by atoms with E-state index in [4.69, 9.17) is 5.11 Å². The second kappa shape index (κ2) is 6.68. The van der Waals surface area contributed by atoms with Gasteiger partial charge in [0, 0.05) is 13.1 Å². The molecule has 0 fully saturated rings. The molecular formula is C10H23NOS. The van der Waals surface area contributed by atoms with Crippen molar-refractivity contribution in [2.45, 2.75) is 26.7 Å². The van der Waals surface area contributed by atoms with E-state index in [1.54, 1.807) is 0 Å². The molecule has 1 N–H and O–H groups in total. The van der Waals surface area contributed by atoms with Crippen LogP contribution in [0.2, 0.25) is 0 Å². The highest BCUT2D eigenvalue weighted by Crippen LogP contribution is 2.28. The van der Waals surface area contributed by atoms with Crippen molar-refractivity contribution in [3.05, 3.63) is 0 Å². The summed E-state index contributed by atoms with van der Waals surface area (Å²) in [4.78, 5) is 2.18. The molecule has 0 heterocycles. The largest absolute Gasteiger partial charge is 0.395 e. The molecule has 0 amide bonds. The van der Waals surface area contributed by atoms with Gasteiger partial charge >= 0.3 is 0 Å². The lowest BCUT2D eigenvalue weighted by Crippen LogP contribution is -2.37. The minimum absolute atomic E-state index is 0.243. The lowest BCUT2D eigenvalue weighted by molar-refractivity contribution is 0.154. The van der Waals surface area contributed by atoms with Gasteiger partial charge in [0.2, 0.25) is 0 Å². The number of aliphatic hydroxyl groups excluding tert-OH is 1. The smallest absolute Gasteiger partial charge is 0.0558 e. The molecule has 0 saturated carbocycles. The summed E-state index contributed by atoms with van der Waals surface area (Å²) in [6.45, 7) is 6.46. The van der Waals surface area contributed by atoms with E-state index in [0.717, 1.165) is 31.7 Å². The molecule has 0 bridgehead atoms. The SMILES string of the molecule is CCC(CC)(CS)CN(C)CCO. The Labute approximate surface area is 87.7 Å². The predicted molar refractivity (Wildman–Crippen MR) is 61.5 cm³/mol. The number of hydrogen-bond donors (Lipinski definition) is 2. The fraction of sp³-hybridized carbons (Fsp3) is 1.00. The van der Waals surface area contributed by atoms with Gasteiger partial charge in [-0.15, -0.1) is 0 Å². The van der Waals surface area contributed by atoms with Crippen LogP contribution in [0.5, 0.6) is 0 Å². The number of hydrogen-bond acceptors (Lipinski definition) is 3. The van der Waals surface area contributed by atoms with Crippen molar-refractivity contribution in [1.82, 2.24) is 4.90 Å². The first-order chi connectivity index (χ1) is 6.14. The summed E-state index contributed by atoms with van der Waals surface area (Å²) in [5.41, 5.74) is 0.326. The normalized spacial score (nSPS) is 12.5. The molecule has 13 heavy (non-hydrogen) atoms. The van der Waals surface area contributed by atoms with E-state index in [2.05, 4.69) is 38.4 Å². The van der Waals surface area contributed by atoms with Crippen molar-refractivity contribution in [2.75, 3.05) is 32.5 Å². The molecule has 0 unspecified atom stereocenters. The van der Waals surface area contributed by atoms with Gasteiger partial charge in [-0.3, -0.25) is 0 Å². The molecule has 3 heteroatoms. The van der Waals surface area contributed by atoms with Crippen molar-refractivity contribution >= 4 is 12.6 Å². The van der Waals surface area contributed by atoms with Crippen molar-refractivity contribution in [3.8, 4) is 0 Å². The van der Waals surface area contributed by atoms with E-state index in [1.807, 2.05) is 0 Å². The van der Waals surface area contributed by atoms with E-state index in [-0.39, 0.29) is 6.61 Å². The van der Waals surface area contributed by atoms with Gasteiger partial charge in [-0.1, -0.05) is 13.8 Å². The molecule has 0 radical (unpaired) electrons. The van der Waals surface area contributed by atoms with Crippen LogP contribution in [0.1, 0.15) is 26.7 Å². The quantitative estimate of drug-likeness (QED) is 0.617. The van der Waals surface area contributed by atoms with Crippen LogP contribution in [0, 0.1) is 5.41 Å². The first-order valence-electron chi connectivity index (χ1n) is 5.04. The Balaban J connectivity index is 4.07. The summed E-state index contributed by atoms with van der Waals surface area (Å²) in [6.07, 6.45) is 2.31. The lowest BCUT2D eigenvalue weighted by Gasteiger charge is -2.34. The van der Waals surface area contributed by atoms with Gasteiger partial charge in [0.05, 0.1) is 6.61 Å². The van der Waals surface area contributed by atoms with Crippen LogP contribution < -0.4 is 0 Å². The number of likely N-dealkylation sites (N-methyl/N-ethyl adjacent to an activating group) is 1. The second-order valence-corrected chi connectivity index (χ2v) is 4.14. The zero-order valence-electron chi connectivity index (χ0n) is 9.08. The minimum atomic E-state index is 0.243. The van der Waals surface area contributed by atoms with Crippen LogP contribution in [0.4, 0.5) is 0 Å². The molecule has 2 nitrogen and oxygen atoms in total. The van der Waals surface area contributed by atoms with Gasteiger partial charge in [-0.05, 0) is 31.1 Å². The van der Waals surface area contributed by atoms with Gasteiger partial charge in [-0.2, -0.15) is 12.6 Å². The fourth-order valence-corrected chi connectivity index (χ4v) is 2.12. The van der Waals surface area contributed by atoms with Gasteiger partial charge in [0.1, 0.15) is 0 Å². The molecule has 0 aromatic rings. The van der Waals surface area contributed by atoms with Crippen LogP contribution >= 0.6 is 12.6 Å². The Hall–Kier alpha value is 0.270. The van der Waals surface area contributed by atoms with Gasteiger partial charge in [0.15, 0.2) is 0 Å². The molecule has 0 aromatic heterocycles. The molecule has 0 saturated heterocycles. The molecular weight excluding hydrogens is 182 g/mol. The molecule has 0 aliphatic rings.